The molecule has 30 heavy (non-hydrogen) atoms. The second-order valence-electron chi connectivity index (χ2n) is 6.50. The fourth-order valence-electron chi connectivity index (χ4n) is 3.10. The molecule has 1 aromatic heterocycles. The molecule has 9 nitrogen and oxygen atoms in total. The molecule has 10 heteroatoms. The molecule has 0 unspecified atom stereocenters. The van der Waals surface area contributed by atoms with E-state index in [1.807, 2.05) is 0 Å². The van der Waals surface area contributed by atoms with E-state index in [-0.39, 0.29) is 34.4 Å². The van der Waals surface area contributed by atoms with Gasteiger partial charge < -0.3 is 20.3 Å². The quantitative estimate of drug-likeness (QED) is 0.268. The normalized spacial score (nSPS) is 12.0. The maximum Gasteiger partial charge on any atom is 0.341 e. The van der Waals surface area contributed by atoms with Crippen LogP contribution in [-0.2, 0) is 27.2 Å². The van der Waals surface area contributed by atoms with Gasteiger partial charge in [0.05, 0.1) is 17.9 Å². The lowest BCUT2D eigenvalue weighted by molar-refractivity contribution is -0.136. The summed E-state index contributed by atoms with van der Waals surface area (Å²) in [6.45, 7) is 5.56. The Morgan fingerprint density at radius 1 is 1.17 bits per heavy atom. The zero-order valence-electron chi connectivity index (χ0n) is 16.2. The van der Waals surface area contributed by atoms with Crippen molar-refractivity contribution in [2.24, 2.45) is 0 Å². The summed E-state index contributed by atoms with van der Waals surface area (Å²) in [6.07, 6.45) is 2.46. The van der Waals surface area contributed by atoms with E-state index in [0.717, 1.165) is 35.8 Å². The summed E-state index contributed by atoms with van der Waals surface area (Å²) < 4.78 is 5.09. The Kier molecular flexibility index (Phi) is 6.26. The fraction of sp³-hybridized carbons (Fsp3) is 0.250. The highest BCUT2D eigenvalue weighted by Gasteiger charge is 2.29. The minimum absolute atomic E-state index is 0.107. The predicted molar refractivity (Wildman–Crippen MR) is 111 cm³/mol. The molecule has 2 amide bonds. The van der Waals surface area contributed by atoms with Crippen molar-refractivity contribution in [3.63, 3.8) is 0 Å². The molecule has 5 N–H and O–H groups in total. The Morgan fingerprint density at radius 2 is 1.93 bits per heavy atom. The fourth-order valence-corrected chi connectivity index (χ4v) is 4.38. The van der Waals surface area contributed by atoms with Crippen LogP contribution in [0.25, 0.3) is 5.70 Å². The number of rotatable bonds is 6. The van der Waals surface area contributed by atoms with Gasteiger partial charge >= 0.3 is 17.8 Å². The number of hydrazine groups is 1. The molecule has 158 valence electrons. The number of benzene rings is 1. The van der Waals surface area contributed by atoms with Crippen molar-refractivity contribution in [1.29, 1.82) is 0 Å². The topological polar surface area (TPSA) is 137 Å². The first-order valence-electron chi connectivity index (χ1n) is 9.22. The smallest absolute Gasteiger partial charge is 0.341 e. The van der Waals surface area contributed by atoms with E-state index in [0.29, 0.717) is 5.56 Å². The van der Waals surface area contributed by atoms with Gasteiger partial charge in [0.2, 0.25) is 0 Å². The molecule has 1 aliphatic rings. The van der Waals surface area contributed by atoms with Gasteiger partial charge in [0, 0.05) is 16.5 Å². The summed E-state index contributed by atoms with van der Waals surface area (Å²) in [5.74, 6) is -2.90. The molecule has 1 heterocycles. The molecule has 0 saturated heterocycles. The zero-order valence-corrected chi connectivity index (χ0v) is 17.0. The number of thiophene rings is 1. The van der Waals surface area contributed by atoms with Gasteiger partial charge in [-0.3, -0.25) is 20.4 Å². The number of carbonyl (C=O) groups excluding carboxylic acids is 3. The number of aryl methyl sites for hydroxylation is 1. The van der Waals surface area contributed by atoms with Gasteiger partial charge in [-0.1, -0.05) is 6.58 Å². The first kappa shape index (κ1) is 21.2. The second-order valence-corrected chi connectivity index (χ2v) is 7.60. The first-order valence-corrected chi connectivity index (χ1v) is 10.0. The highest BCUT2D eigenvalue weighted by molar-refractivity contribution is 7.17. The monoisotopic (exact) mass is 431 g/mol. The van der Waals surface area contributed by atoms with Crippen molar-refractivity contribution in [3.05, 3.63) is 46.3 Å². The molecule has 0 fully saturated rings. The summed E-state index contributed by atoms with van der Waals surface area (Å²) in [5, 5.41) is 21.9. The van der Waals surface area contributed by atoms with E-state index in [2.05, 4.69) is 22.7 Å². The number of fused-ring (bicyclic) bond motifs is 1. The van der Waals surface area contributed by atoms with Crippen LogP contribution in [0.15, 0.2) is 24.8 Å². The number of phenolic OH excluding ortho intramolecular Hbond substituents is 2. The van der Waals surface area contributed by atoms with E-state index >= 15 is 0 Å². The Labute approximate surface area is 176 Å². The molecule has 0 saturated carbocycles. The van der Waals surface area contributed by atoms with Gasteiger partial charge in [-0.25, -0.2) is 4.79 Å². The molecule has 0 radical (unpaired) electrons. The molecule has 1 aliphatic carbocycles. The standard InChI is InChI=1S/C20H21N3O6S/c1-3-29-20(28)16-13-5-4-6-15(13)30-19(16)21-17(26)18(27)23-22-10(2)12-8-7-11(24)9-14(12)25/h7-9,22,24-25H,2-6H2,1H3,(H,21,26)(H,23,27). The summed E-state index contributed by atoms with van der Waals surface area (Å²) in [6, 6.07) is 3.85. The molecule has 2 aromatic rings. The van der Waals surface area contributed by atoms with Gasteiger partial charge in [0.15, 0.2) is 0 Å². The second kappa shape index (κ2) is 8.87. The van der Waals surface area contributed by atoms with Crippen LogP contribution in [0, 0.1) is 0 Å². The minimum Gasteiger partial charge on any atom is -0.508 e. The van der Waals surface area contributed by atoms with Crippen molar-refractivity contribution in [2.75, 3.05) is 11.9 Å². The number of carbonyl (C=O) groups is 3. The van der Waals surface area contributed by atoms with Gasteiger partial charge in [-0.05, 0) is 43.9 Å². The molecule has 0 atom stereocenters. The van der Waals surface area contributed by atoms with Crippen LogP contribution in [-0.4, -0.2) is 34.6 Å². The minimum atomic E-state index is -1.02. The lowest BCUT2D eigenvalue weighted by Gasteiger charge is -2.12. The summed E-state index contributed by atoms with van der Waals surface area (Å²) in [5.41, 5.74) is 6.13. The molecule has 0 spiro atoms. The van der Waals surface area contributed by atoms with E-state index in [4.69, 9.17) is 4.74 Å². The summed E-state index contributed by atoms with van der Waals surface area (Å²) >= 11 is 1.27. The molecule has 0 bridgehead atoms. The maximum absolute atomic E-state index is 12.3. The SMILES string of the molecule is C=C(NNC(=O)C(=O)Nc1sc2c(c1C(=O)OCC)CCC2)c1ccc(O)cc1O. The van der Waals surface area contributed by atoms with Crippen molar-refractivity contribution in [3.8, 4) is 11.5 Å². The average Bonchev–Trinajstić information content (AvgIpc) is 3.26. The summed E-state index contributed by atoms with van der Waals surface area (Å²) in [7, 11) is 0. The summed E-state index contributed by atoms with van der Waals surface area (Å²) in [4.78, 5) is 37.8. The number of esters is 1. The third kappa shape index (κ3) is 4.38. The number of hydrogen-bond donors (Lipinski definition) is 5. The Balaban J connectivity index is 1.65. The van der Waals surface area contributed by atoms with Crippen molar-refractivity contribution >= 4 is 39.8 Å². The molecular formula is C20H21N3O6S. The number of phenols is 2. The van der Waals surface area contributed by atoms with Crippen LogP contribution in [0.1, 0.15) is 39.7 Å². The molecule has 1 aromatic carbocycles. The van der Waals surface area contributed by atoms with E-state index in [1.54, 1.807) is 6.92 Å². The van der Waals surface area contributed by atoms with E-state index in [1.165, 1.54) is 23.5 Å². The number of nitrogens with one attached hydrogen (secondary N) is 3. The van der Waals surface area contributed by atoms with E-state index < -0.39 is 17.8 Å². The number of ether oxygens (including phenoxy) is 1. The van der Waals surface area contributed by atoms with Crippen LogP contribution in [0.3, 0.4) is 0 Å². The molecule has 3 rings (SSSR count). The van der Waals surface area contributed by atoms with Crippen molar-refractivity contribution in [2.45, 2.75) is 26.2 Å². The Hall–Kier alpha value is -3.53. The maximum atomic E-state index is 12.3. The zero-order chi connectivity index (χ0) is 21.8. The third-order valence-corrected chi connectivity index (χ3v) is 5.67. The molecular weight excluding hydrogens is 410 g/mol. The van der Waals surface area contributed by atoms with Gasteiger partial charge in [0.1, 0.15) is 16.5 Å². The Bertz CT molecular complexity index is 1030. The van der Waals surface area contributed by atoms with Crippen LogP contribution in [0.2, 0.25) is 0 Å². The highest BCUT2D eigenvalue weighted by Crippen LogP contribution is 2.39. The first-order chi connectivity index (χ1) is 14.3. The van der Waals surface area contributed by atoms with Crippen molar-refractivity contribution < 1.29 is 29.3 Å². The van der Waals surface area contributed by atoms with Crippen LogP contribution < -0.4 is 16.2 Å². The number of aromatic hydroxyl groups is 2. The van der Waals surface area contributed by atoms with Crippen molar-refractivity contribution in [1.82, 2.24) is 10.9 Å². The van der Waals surface area contributed by atoms with Gasteiger partial charge in [0.25, 0.3) is 0 Å². The van der Waals surface area contributed by atoms with Crippen LogP contribution in [0.4, 0.5) is 5.00 Å². The van der Waals surface area contributed by atoms with Gasteiger partial charge in [-0.2, -0.15) is 0 Å². The third-order valence-electron chi connectivity index (χ3n) is 4.47. The number of anilines is 1. The Morgan fingerprint density at radius 3 is 2.63 bits per heavy atom. The largest absolute Gasteiger partial charge is 0.508 e. The van der Waals surface area contributed by atoms with Gasteiger partial charge in [-0.15, -0.1) is 11.3 Å². The van der Waals surface area contributed by atoms with E-state index in [9.17, 15) is 24.6 Å². The highest BCUT2D eigenvalue weighted by atomic mass is 32.1. The number of amides is 2. The predicted octanol–water partition coefficient (Wildman–Crippen LogP) is 2.05. The van der Waals surface area contributed by atoms with Crippen LogP contribution >= 0.6 is 11.3 Å². The lowest BCUT2D eigenvalue weighted by atomic mass is 10.1. The van der Waals surface area contributed by atoms with Crippen LogP contribution in [0.5, 0.6) is 11.5 Å². The lowest BCUT2D eigenvalue weighted by Crippen LogP contribution is -2.42. The molecule has 0 aliphatic heterocycles. The number of hydrogen-bond acceptors (Lipinski definition) is 8. The average molecular weight is 431 g/mol.